The molecule has 2 heterocycles. The van der Waals surface area contributed by atoms with Crippen LogP contribution in [0.1, 0.15) is 15.9 Å². The van der Waals surface area contributed by atoms with Crippen molar-refractivity contribution in [3.8, 4) is 16.9 Å². The fraction of sp³-hybridized carbons (Fsp3) is 0.0417. The minimum absolute atomic E-state index is 0.0993. The number of benzene rings is 2. The summed E-state index contributed by atoms with van der Waals surface area (Å²) in [5, 5.41) is 0.746. The topological polar surface area (TPSA) is 72.1 Å². The van der Waals surface area contributed by atoms with Gasteiger partial charge in [0.15, 0.2) is 5.78 Å². The van der Waals surface area contributed by atoms with Crippen molar-refractivity contribution in [2.45, 2.75) is 0 Å². The van der Waals surface area contributed by atoms with E-state index in [1.54, 1.807) is 49.8 Å². The zero-order valence-electron chi connectivity index (χ0n) is 15.8. The van der Waals surface area contributed by atoms with Crippen LogP contribution in [0.2, 0.25) is 0 Å². The van der Waals surface area contributed by atoms with Crippen molar-refractivity contribution in [1.82, 2.24) is 9.97 Å². The van der Waals surface area contributed by atoms with Gasteiger partial charge in [0.1, 0.15) is 5.75 Å². The molecule has 0 bridgehead atoms. The number of H-pyrrole nitrogens is 1. The third kappa shape index (κ3) is 3.71. The maximum atomic E-state index is 13.1. The molecule has 2 aromatic heterocycles. The van der Waals surface area contributed by atoms with Crippen LogP contribution < -0.4 is 10.3 Å². The molecule has 4 aromatic rings. The third-order valence-corrected chi connectivity index (χ3v) is 4.66. The van der Waals surface area contributed by atoms with E-state index in [-0.39, 0.29) is 11.3 Å². The van der Waals surface area contributed by atoms with Gasteiger partial charge in [0, 0.05) is 28.9 Å². The predicted octanol–water partition coefficient (Wildman–Crippen LogP) is 4.49. The van der Waals surface area contributed by atoms with Crippen LogP contribution in [0.5, 0.6) is 5.75 Å². The molecule has 0 aliphatic heterocycles. The van der Waals surface area contributed by atoms with Crippen molar-refractivity contribution in [1.29, 1.82) is 0 Å². The number of carbonyl (C=O) groups excluding carboxylic acids is 1. The van der Waals surface area contributed by atoms with E-state index in [1.807, 2.05) is 36.4 Å². The highest BCUT2D eigenvalue weighted by molar-refractivity contribution is 6.15. The summed E-state index contributed by atoms with van der Waals surface area (Å²) in [6.07, 6.45) is 6.38. The van der Waals surface area contributed by atoms with Gasteiger partial charge in [-0.25, -0.2) is 0 Å². The molecule has 0 amide bonds. The number of methoxy groups -OCH3 is 1. The monoisotopic (exact) mass is 382 g/mol. The predicted molar refractivity (Wildman–Crippen MR) is 114 cm³/mol. The van der Waals surface area contributed by atoms with Gasteiger partial charge in [-0.05, 0) is 47.5 Å². The molecular weight excluding hydrogens is 364 g/mol. The molecule has 142 valence electrons. The van der Waals surface area contributed by atoms with Gasteiger partial charge in [-0.2, -0.15) is 0 Å². The second-order valence-electron chi connectivity index (χ2n) is 6.46. The molecule has 0 unspecified atom stereocenters. The second-order valence-corrected chi connectivity index (χ2v) is 6.46. The number of allylic oxidation sites excluding steroid dienone is 1. The number of nitrogens with zero attached hydrogens (tertiary/aromatic N) is 1. The van der Waals surface area contributed by atoms with Gasteiger partial charge in [0.25, 0.3) is 5.56 Å². The van der Waals surface area contributed by atoms with Gasteiger partial charge in [-0.1, -0.05) is 36.4 Å². The Morgan fingerprint density at radius 3 is 2.52 bits per heavy atom. The molecular formula is C24H18N2O3. The minimum Gasteiger partial charge on any atom is -0.497 e. The first kappa shape index (κ1) is 18.4. The van der Waals surface area contributed by atoms with Crippen molar-refractivity contribution in [3.63, 3.8) is 0 Å². The third-order valence-electron chi connectivity index (χ3n) is 4.66. The zero-order chi connectivity index (χ0) is 20.2. The maximum absolute atomic E-state index is 13.1. The number of hydrogen-bond acceptors (Lipinski definition) is 4. The first-order valence-corrected chi connectivity index (χ1v) is 9.09. The number of carbonyl (C=O) groups is 1. The standard InChI is InChI=1S/C24H18N2O3/c1-29-18-8-9-20-19(15-18)22(17-5-3-2-4-6-17)23(24(28)26-20)21(27)10-7-16-11-13-25-14-12-16/h2-15H,1H3,(H,26,28). The normalized spacial score (nSPS) is 11.1. The molecule has 5 nitrogen and oxygen atoms in total. The van der Waals surface area contributed by atoms with Crippen molar-refractivity contribution in [2.24, 2.45) is 0 Å². The Bertz CT molecular complexity index is 1260. The minimum atomic E-state index is -0.425. The van der Waals surface area contributed by atoms with Crippen LogP contribution in [0.4, 0.5) is 0 Å². The summed E-state index contributed by atoms with van der Waals surface area (Å²) in [5.74, 6) is 0.277. The summed E-state index contributed by atoms with van der Waals surface area (Å²) in [6.45, 7) is 0. The Labute approximate surface area is 167 Å². The van der Waals surface area contributed by atoms with Crippen LogP contribution in [-0.2, 0) is 0 Å². The van der Waals surface area contributed by atoms with E-state index in [0.29, 0.717) is 16.8 Å². The number of aromatic nitrogens is 2. The number of fused-ring (bicyclic) bond motifs is 1. The molecule has 5 heteroatoms. The first-order valence-electron chi connectivity index (χ1n) is 9.09. The van der Waals surface area contributed by atoms with Gasteiger partial charge in [-0.3, -0.25) is 14.6 Å². The summed E-state index contributed by atoms with van der Waals surface area (Å²) in [7, 11) is 1.58. The fourth-order valence-electron chi connectivity index (χ4n) is 3.27. The quantitative estimate of drug-likeness (QED) is 0.408. The van der Waals surface area contributed by atoms with Crippen LogP contribution in [0, 0.1) is 0 Å². The van der Waals surface area contributed by atoms with Gasteiger partial charge in [-0.15, -0.1) is 0 Å². The summed E-state index contributed by atoms with van der Waals surface area (Å²) >= 11 is 0. The van der Waals surface area contributed by atoms with E-state index < -0.39 is 5.56 Å². The number of ketones is 1. The van der Waals surface area contributed by atoms with Gasteiger partial charge >= 0.3 is 0 Å². The average molecular weight is 382 g/mol. The molecule has 4 rings (SSSR count). The average Bonchev–Trinajstić information content (AvgIpc) is 2.77. The lowest BCUT2D eigenvalue weighted by Crippen LogP contribution is -2.18. The number of hydrogen-bond donors (Lipinski definition) is 1. The summed E-state index contributed by atoms with van der Waals surface area (Å²) in [6, 6.07) is 18.4. The van der Waals surface area contributed by atoms with Crippen LogP contribution in [0.3, 0.4) is 0 Å². The number of rotatable bonds is 5. The van der Waals surface area contributed by atoms with Crippen LogP contribution in [0.15, 0.2) is 83.9 Å². The maximum Gasteiger partial charge on any atom is 0.260 e. The lowest BCUT2D eigenvalue weighted by molar-refractivity contribution is 0.104. The van der Waals surface area contributed by atoms with E-state index in [9.17, 15) is 9.59 Å². The van der Waals surface area contributed by atoms with Gasteiger partial charge in [0.2, 0.25) is 0 Å². The highest BCUT2D eigenvalue weighted by Crippen LogP contribution is 2.32. The molecule has 2 aromatic carbocycles. The van der Waals surface area contributed by atoms with Gasteiger partial charge < -0.3 is 9.72 Å². The molecule has 0 saturated heterocycles. The molecule has 0 aliphatic carbocycles. The summed E-state index contributed by atoms with van der Waals surface area (Å²) in [5.41, 5.74) is 2.52. The van der Waals surface area contributed by atoms with E-state index in [4.69, 9.17) is 4.74 Å². The Kier molecular flexibility index (Phi) is 5.03. The lowest BCUT2D eigenvalue weighted by Gasteiger charge is -2.12. The van der Waals surface area contributed by atoms with Crippen molar-refractivity contribution < 1.29 is 9.53 Å². The molecule has 1 N–H and O–H groups in total. The Morgan fingerprint density at radius 2 is 1.79 bits per heavy atom. The smallest absolute Gasteiger partial charge is 0.260 e. The highest BCUT2D eigenvalue weighted by atomic mass is 16.5. The molecule has 0 radical (unpaired) electrons. The Morgan fingerprint density at radius 1 is 1.03 bits per heavy atom. The van der Waals surface area contributed by atoms with Crippen LogP contribution in [-0.4, -0.2) is 22.9 Å². The number of ether oxygens (including phenoxy) is 1. The second kappa shape index (κ2) is 7.94. The zero-order valence-corrected chi connectivity index (χ0v) is 15.8. The SMILES string of the molecule is COc1ccc2[nH]c(=O)c(C(=O)C=Cc3ccncc3)c(-c3ccccc3)c2c1. The fourth-order valence-corrected chi connectivity index (χ4v) is 3.27. The van der Waals surface area contributed by atoms with E-state index in [1.165, 1.54) is 6.08 Å². The summed E-state index contributed by atoms with van der Waals surface area (Å²) < 4.78 is 5.35. The van der Waals surface area contributed by atoms with Crippen LogP contribution in [0.25, 0.3) is 28.1 Å². The molecule has 0 fully saturated rings. The number of pyridine rings is 2. The van der Waals surface area contributed by atoms with E-state index in [2.05, 4.69) is 9.97 Å². The largest absolute Gasteiger partial charge is 0.497 e. The van der Waals surface area contributed by atoms with Crippen molar-refractivity contribution >= 4 is 22.8 Å². The molecule has 0 atom stereocenters. The summed E-state index contributed by atoms with van der Waals surface area (Å²) in [4.78, 5) is 32.7. The Hall–Kier alpha value is -3.99. The molecule has 0 aliphatic rings. The van der Waals surface area contributed by atoms with E-state index in [0.717, 1.165) is 16.5 Å². The molecule has 0 saturated carbocycles. The van der Waals surface area contributed by atoms with Gasteiger partial charge in [0.05, 0.1) is 12.7 Å². The van der Waals surface area contributed by atoms with Crippen molar-refractivity contribution in [3.05, 3.63) is 101 Å². The van der Waals surface area contributed by atoms with Crippen molar-refractivity contribution in [2.75, 3.05) is 7.11 Å². The van der Waals surface area contributed by atoms with E-state index >= 15 is 0 Å². The highest BCUT2D eigenvalue weighted by Gasteiger charge is 2.19. The van der Waals surface area contributed by atoms with Crippen LogP contribution >= 0.6 is 0 Å². The molecule has 0 spiro atoms. The number of aromatic amines is 1. The molecule has 29 heavy (non-hydrogen) atoms. The Balaban J connectivity index is 1.95. The number of nitrogens with one attached hydrogen (secondary N) is 1. The first-order chi connectivity index (χ1) is 14.2. The lowest BCUT2D eigenvalue weighted by atomic mass is 9.93.